The number of benzene rings is 1. The second-order valence-electron chi connectivity index (χ2n) is 10.3. The largest absolute Gasteiger partial charge is 0.508 e. The second-order valence-corrected chi connectivity index (χ2v) is 10.3. The zero-order valence-electron chi connectivity index (χ0n) is 22.7. The van der Waals surface area contributed by atoms with Crippen molar-refractivity contribution in [2.75, 3.05) is 13.1 Å². The summed E-state index contributed by atoms with van der Waals surface area (Å²) in [6.45, 7) is 15.6. The van der Waals surface area contributed by atoms with E-state index >= 15 is 0 Å². The first kappa shape index (κ1) is 30.3. The van der Waals surface area contributed by atoms with E-state index in [1.54, 1.807) is 39.8 Å². The van der Waals surface area contributed by atoms with Crippen molar-refractivity contribution >= 4 is 17.9 Å². The van der Waals surface area contributed by atoms with Crippen LogP contribution < -0.4 is 10.6 Å². The molecule has 0 saturated carbocycles. The first-order valence-electron chi connectivity index (χ1n) is 12.7. The van der Waals surface area contributed by atoms with Gasteiger partial charge in [-0.2, -0.15) is 0 Å². The van der Waals surface area contributed by atoms with Crippen LogP contribution in [0.25, 0.3) is 0 Å². The molecule has 0 bridgehead atoms. The lowest BCUT2D eigenvalue weighted by Crippen LogP contribution is -2.55. The van der Waals surface area contributed by atoms with Crippen molar-refractivity contribution in [1.29, 1.82) is 0 Å². The third-order valence-corrected chi connectivity index (χ3v) is 5.53. The highest BCUT2D eigenvalue weighted by atomic mass is 16.6. The number of rotatable bonds is 12. The van der Waals surface area contributed by atoms with Gasteiger partial charge in [0.25, 0.3) is 0 Å². The Morgan fingerprint density at radius 3 is 2.26 bits per heavy atom. The van der Waals surface area contributed by atoms with E-state index in [1.165, 1.54) is 11.0 Å². The van der Waals surface area contributed by atoms with E-state index in [0.717, 1.165) is 19.3 Å². The molecule has 3 amide bonds. The maximum Gasteiger partial charge on any atom is 0.408 e. The van der Waals surface area contributed by atoms with E-state index in [-0.39, 0.29) is 23.5 Å². The molecule has 0 spiro atoms. The van der Waals surface area contributed by atoms with Crippen LogP contribution in [0.5, 0.6) is 5.75 Å². The van der Waals surface area contributed by atoms with Gasteiger partial charge in [0, 0.05) is 13.1 Å². The van der Waals surface area contributed by atoms with Gasteiger partial charge in [-0.3, -0.25) is 9.59 Å². The van der Waals surface area contributed by atoms with E-state index in [1.807, 2.05) is 20.8 Å². The predicted octanol–water partition coefficient (Wildman–Crippen LogP) is 4.84. The minimum absolute atomic E-state index is 0.121. The molecule has 0 saturated heterocycles. The molecule has 8 nitrogen and oxygen atoms in total. The van der Waals surface area contributed by atoms with E-state index < -0.39 is 23.8 Å². The van der Waals surface area contributed by atoms with Gasteiger partial charge in [-0.05, 0) is 69.7 Å². The van der Waals surface area contributed by atoms with Crippen molar-refractivity contribution in [3.8, 4) is 5.75 Å². The van der Waals surface area contributed by atoms with Crippen molar-refractivity contribution < 1.29 is 24.2 Å². The fourth-order valence-electron chi connectivity index (χ4n) is 3.74. The van der Waals surface area contributed by atoms with Crippen molar-refractivity contribution in [2.24, 2.45) is 5.92 Å². The summed E-state index contributed by atoms with van der Waals surface area (Å²) >= 11 is 0. The number of carbonyl (C=O) groups excluding carboxylic acids is 3. The van der Waals surface area contributed by atoms with E-state index in [9.17, 15) is 19.5 Å². The molecular formula is C27H45N3O5. The van der Waals surface area contributed by atoms with Crippen molar-refractivity contribution in [1.82, 2.24) is 15.5 Å². The number of nitrogens with one attached hydrogen (secondary N) is 2. The number of amides is 3. The van der Waals surface area contributed by atoms with Gasteiger partial charge in [-0.1, -0.05) is 46.6 Å². The van der Waals surface area contributed by atoms with Gasteiger partial charge in [-0.25, -0.2) is 4.79 Å². The Kier molecular flexibility index (Phi) is 12.1. The van der Waals surface area contributed by atoms with Gasteiger partial charge in [0.2, 0.25) is 11.8 Å². The molecule has 0 radical (unpaired) electrons. The standard InChI is InChI=1S/C27H45N3O5/c1-9-11-12-15-28-24(32)23(20-13-14-21(31)19(5)17-20)30(16-10-2)25(33)22(18(3)4)29-26(34)35-27(6,7)8/h13-14,17-18,22-23,31H,9-12,15-16H2,1-8H3,(H,28,32)(H,29,34). The summed E-state index contributed by atoms with van der Waals surface area (Å²) in [6, 6.07) is 3.17. The first-order valence-corrected chi connectivity index (χ1v) is 12.7. The number of phenolic OH excluding ortho intramolecular Hbond substituents is 1. The van der Waals surface area contributed by atoms with Crippen LogP contribution in [0.15, 0.2) is 18.2 Å². The molecule has 0 aliphatic carbocycles. The Balaban J connectivity index is 3.37. The SMILES string of the molecule is CCCCCNC(=O)C(c1ccc(O)c(C)c1)N(CCC)C(=O)C(NC(=O)OC(C)(C)C)C(C)C. The number of carbonyl (C=O) groups is 3. The van der Waals surface area contributed by atoms with Crippen LogP contribution in [0.1, 0.15) is 91.3 Å². The van der Waals surface area contributed by atoms with Gasteiger partial charge in [0.05, 0.1) is 0 Å². The number of ether oxygens (including phenoxy) is 1. The van der Waals surface area contributed by atoms with Crippen LogP contribution >= 0.6 is 0 Å². The molecule has 2 unspecified atom stereocenters. The summed E-state index contributed by atoms with van der Waals surface area (Å²) in [5.74, 6) is -0.750. The van der Waals surface area contributed by atoms with E-state index in [0.29, 0.717) is 30.6 Å². The molecule has 0 fully saturated rings. The molecule has 2 atom stereocenters. The first-order chi connectivity index (χ1) is 16.3. The lowest BCUT2D eigenvalue weighted by molar-refractivity contribution is -0.143. The van der Waals surface area contributed by atoms with Gasteiger partial charge in [0.15, 0.2) is 0 Å². The van der Waals surface area contributed by atoms with Gasteiger partial charge >= 0.3 is 6.09 Å². The molecule has 0 heterocycles. The fourth-order valence-corrected chi connectivity index (χ4v) is 3.74. The van der Waals surface area contributed by atoms with Crippen molar-refractivity contribution in [3.63, 3.8) is 0 Å². The topological polar surface area (TPSA) is 108 Å². The third kappa shape index (κ3) is 9.78. The number of hydrogen-bond acceptors (Lipinski definition) is 5. The van der Waals surface area contributed by atoms with Crippen LogP contribution in [0, 0.1) is 12.8 Å². The second kappa shape index (κ2) is 14.0. The highest BCUT2D eigenvalue weighted by Crippen LogP contribution is 2.28. The molecule has 35 heavy (non-hydrogen) atoms. The highest BCUT2D eigenvalue weighted by molar-refractivity contribution is 5.92. The molecule has 3 N–H and O–H groups in total. The third-order valence-electron chi connectivity index (χ3n) is 5.53. The molecule has 1 rings (SSSR count). The maximum atomic E-state index is 13.8. The van der Waals surface area contributed by atoms with Gasteiger partial charge < -0.3 is 25.4 Å². The lowest BCUT2D eigenvalue weighted by Gasteiger charge is -2.35. The Morgan fingerprint density at radius 1 is 1.09 bits per heavy atom. The summed E-state index contributed by atoms with van der Waals surface area (Å²) in [4.78, 5) is 41.3. The smallest absolute Gasteiger partial charge is 0.408 e. The molecule has 198 valence electrons. The van der Waals surface area contributed by atoms with Crippen molar-refractivity contribution in [3.05, 3.63) is 29.3 Å². The van der Waals surface area contributed by atoms with E-state index in [2.05, 4.69) is 17.6 Å². The minimum atomic E-state index is -0.898. The summed E-state index contributed by atoms with van der Waals surface area (Å²) in [5.41, 5.74) is 0.514. The van der Waals surface area contributed by atoms with Gasteiger partial charge in [0.1, 0.15) is 23.4 Å². The minimum Gasteiger partial charge on any atom is -0.508 e. The zero-order chi connectivity index (χ0) is 26.8. The monoisotopic (exact) mass is 491 g/mol. The Bertz CT molecular complexity index is 848. The number of hydrogen-bond donors (Lipinski definition) is 3. The molecule has 0 aromatic heterocycles. The maximum absolute atomic E-state index is 13.8. The average Bonchev–Trinajstić information content (AvgIpc) is 2.75. The summed E-state index contributed by atoms with van der Waals surface area (Å²) in [6.07, 6.45) is 2.82. The number of aromatic hydroxyl groups is 1. The number of aryl methyl sites for hydroxylation is 1. The normalized spacial score (nSPS) is 13.2. The fraction of sp³-hybridized carbons (Fsp3) is 0.667. The van der Waals surface area contributed by atoms with E-state index in [4.69, 9.17) is 4.74 Å². The number of alkyl carbamates (subject to hydrolysis) is 1. The van der Waals surface area contributed by atoms with Crippen LogP contribution in [0.3, 0.4) is 0 Å². The van der Waals surface area contributed by atoms with Crippen LogP contribution in [-0.2, 0) is 14.3 Å². The molecule has 8 heteroatoms. The van der Waals surface area contributed by atoms with Crippen LogP contribution in [0.2, 0.25) is 0 Å². The van der Waals surface area contributed by atoms with Crippen molar-refractivity contribution in [2.45, 2.75) is 98.8 Å². The number of phenols is 1. The molecular weight excluding hydrogens is 446 g/mol. The molecule has 0 aliphatic heterocycles. The zero-order valence-corrected chi connectivity index (χ0v) is 22.7. The highest BCUT2D eigenvalue weighted by Gasteiger charge is 2.37. The Labute approximate surface area is 210 Å². The Hall–Kier alpha value is -2.77. The molecule has 1 aromatic carbocycles. The average molecular weight is 492 g/mol. The lowest BCUT2D eigenvalue weighted by atomic mass is 9.97. The van der Waals surface area contributed by atoms with Gasteiger partial charge in [-0.15, -0.1) is 0 Å². The summed E-state index contributed by atoms with van der Waals surface area (Å²) < 4.78 is 5.38. The summed E-state index contributed by atoms with van der Waals surface area (Å²) in [5, 5.41) is 15.7. The number of nitrogens with zero attached hydrogens (tertiary/aromatic N) is 1. The Morgan fingerprint density at radius 2 is 1.74 bits per heavy atom. The summed E-state index contributed by atoms with van der Waals surface area (Å²) in [7, 11) is 0. The number of unbranched alkanes of at least 4 members (excludes halogenated alkanes) is 2. The molecule has 1 aromatic rings. The predicted molar refractivity (Wildman–Crippen MR) is 138 cm³/mol. The van der Waals surface area contributed by atoms with Crippen LogP contribution in [-0.4, -0.2) is 52.6 Å². The molecule has 0 aliphatic rings. The quantitative estimate of drug-likeness (QED) is 0.363. The van der Waals surface area contributed by atoms with Crippen LogP contribution in [0.4, 0.5) is 4.79 Å².